The largest absolute Gasteiger partial charge is 0.481 e. The van der Waals surface area contributed by atoms with Gasteiger partial charge in [-0.2, -0.15) is 0 Å². The number of amides is 1. The van der Waals surface area contributed by atoms with Crippen molar-refractivity contribution in [3.8, 4) is 0 Å². The second-order valence-electron chi connectivity index (χ2n) is 3.72. The predicted molar refractivity (Wildman–Crippen MR) is 60.1 cm³/mol. The normalized spacial score (nSPS) is 11.9. The third kappa shape index (κ3) is 2.82. The van der Waals surface area contributed by atoms with E-state index >= 15 is 0 Å². The van der Waals surface area contributed by atoms with Crippen LogP contribution in [0, 0.1) is 13.8 Å². The Balaban J connectivity index is 3.04. The lowest BCUT2D eigenvalue weighted by molar-refractivity contribution is -0.137. The molecule has 4 heteroatoms. The zero-order valence-corrected chi connectivity index (χ0v) is 9.36. The van der Waals surface area contributed by atoms with E-state index in [1.807, 2.05) is 32.0 Å². The number of nitrogens with one attached hydrogen (secondary N) is 1. The van der Waals surface area contributed by atoms with Gasteiger partial charge in [-0.15, -0.1) is 0 Å². The Morgan fingerprint density at radius 2 is 2.19 bits per heavy atom. The molecule has 0 saturated carbocycles. The highest BCUT2D eigenvalue weighted by molar-refractivity contribution is 5.69. The van der Waals surface area contributed by atoms with Crippen LogP contribution in [0.5, 0.6) is 0 Å². The minimum absolute atomic E-state index is 0.108. The van der Waals surface area contributed by atoms with Gasteiger partial charge in [0.05, 0.1) is 12.5 Å². The second kappa shape index (κ2) is 5.30. The fraction of sp³-hybridized carbons (Fsp3) is 0.333. The Morgan fingerprint density at radius 3 is 2.75 bits per heavy atom. The lowest BCUT2D eigenvalue weighted by Gasteiger charge is -2.17. The third-order valence-corrected chi connectivity index (χ3v) is 2.67. The number of benzene rings is 1. The molecule has 1 rings (SSSR count). The molecule has 0 aromatic heterocycles. The van der Waals surface area contributed by atoms with Crippen LogP contribution in [0.1, 0.15) is 29.2 Å². The zero-order chi connectivity index (χ0) is 12.1. The predicted octanol–water partition coefficient (Wildman–Crippen LogP) is 1.57. The Hall–Kier alpha value is -1.84. The molecule has 1 atom stereocenters. The number of rotatable bonds is 5. The fourth-order valence-electron chi connectivity index (χ4n) is 1.67. The van der Waals surface area contributed by atoms with Crippen LogP contribution in [-0.4, -0.2) is 17.5 Å². The van der Waals surface area contributed by atoms with Crippen LogP contribution in [0.3, 0.4) is 0 Å². The van der Waals surface area contributed by atoms with Gasteiger partial charge >= 0.3 is 5.97 Å². The summed E-state index contributed by atoms with van der Waals surface area (Å²) in [5.41, 5.74) is 2.96. The third-order valence-electron chi connectivity index (χ3n) is 2.67. The lowest BCUT2D eigenvalue weighted by atomic mass is 9.96. The number of aliphatic carboxylic acids is 1. The Morgan fingerprint density at radius 1 is 1.50 bits per heavy atom. The number of carbonyl (C=O) groups excluding carboxylic acids is 1. The van der Waals surface area contributed by atoms with E-state index in [9.17, 15) is 9.59 Å². The first-order valence-electron chi connectivity index (χ1n) is 5.04. The number of carboxylic acids is 1. The van der Waals surface area contributed by atoms with Crippen molar-refractivity contribution >= 4 is 12.4 Å². The van der Waals surface area contributed by atoms with Gasteiger partial charge in [0.15, 0.2) is 0 Å². The molecular formula is C12H15NO3. The van der Waals surface area contributed by atoms with Crippen LogP contribution in [0.15, 0.2) is 18.2 Å². The van der Waals surface area contributed by atoms with Gasteiger partial charge in [0.2, 0.25) is 6.41 Å². The van der Waals surface area contributed by atoms with Crippen molar-refractivity contribution in [2.24, 2.45) is 0 Å². The molecule has 0 radical (unpaired) electrons. The standard InChI is InChI=1S/C12H15NO3/c1-8-4-3-5-10(9(8)2)11(13-7-14)6-12(15)16/h3-5,7,11H,6H2,1-2H3,(H,13,14)(H,15,16)/t11-/m0/s1. The first-order valence-corrected chi connectivity index (χ1v) is 5.04. The molecule has 0 aliphatic rings. The Kier molecular flexibility index (Phi) is 4.05. The molecule has 16 heavy (non-hydrogen) atoms. The highest BCUT2D eigenvalue weighted by Gasteiger charge is 2.16. The van der Waals surface area contributed by atoms with Gasteiger partial charge in [0.1, 0.15) is 0 Å². The highest BCUT2D eigenvalue weighted by Crippen LogP contribution is 2.22. The van der Waals surface area contributed by atoms with Gasteiger partial charge < -0.3 is 10.4 Å². The molecule has 0 aliphatic heterocycles. The molecular weight excluding hydrogens is 206 g/mol. The van der Waals surface area contributed by atoms with Crippen LogP contribution in [0.25, 0.3) is 0 Å². The van der Waals surface area contributed by atoms with Crippen LogP contribution < -0.4 is 5.32 Å². The number of carbonyl (C=O) groups is 2. The monoisotopic (exact) mass is 221 g/mol. The van der Waals surface area contributed by atoms with Crippen molar-refractivity contribution in [3.63, 3.8) is 0 Å². The smallest absolute Gasteiger partial charge is 0.305 e. The maximum absolute atomic E-state index is 10.7. The van der Waals surface area contributed by atoms with Crippen molar-refractivity contribution in [2.75, 3.05) is 0 Å². The maximum atomic E-state index is 10.7. The van der Waals surface area contributed by atoms with Crippen LogP contribution in [-0.2, 0) is 9.59 Å². The fourth-order valence-corrected chi connectivity index (χ4v) is 1.67. The minimum atomic E-state index is -0.930. The van der Waals surface area contributed by atoms with Crippen molar-refractivity contribution < 1.29 is 14.7 Å². The molecule has 1 aromatic carbocycles. The molecule has 1 amide bonds. The molecule has 0 aliphatic carbocycles. The van der Waals surface area contributed by atoms with Crippen molar-refractivity contribution in [3.05, 3.63) is 34.9 Å². The van der Waals surface area contributed by atoms with Gasteiger partial charge in [0, 0.05) is 0 Å². The van der Waals surface area contributed by atoms with E-state index in [0.29, 0.717) is 6.41 Å². The van der Waals surface area contributed by atoms with E-state index in [2.05, 4.69) is 5.32 Å². The van der Waals surface area contributed by atoms with Crippen molar-refractivity contribution in [1.29, 1.82) is 0 Å². The van der Waals surface area contributed by atoms with E-state index in [-0.39, 0.29) is 6.42 Å². The zero-order valence-electron chi connectivity index (χ0n) is 9.36. The number of carboxylic acid groups (broad SMARTS) is 1. The lowest BCUT2D eigenvalue weighted by Crippen LogP contribution is -2.23. The molecule has 0 bridgehead atoms. The molecule has 0 unspecified atom stereocenters. The summed E-state index contributed by atoms with van der Waals surface area (Å²) in [7, 11) is 0. The topological polar surface area (TPSA) is 66.4 Å². The molecule has 0 fully saturated rings. The molecule has 4 nitrogen and oxygen atoms in total. The summed E-state index contributed by atoms with van der Waals surface area (Å²) in [5.74, 6) is -0.930. The van der Waals surface area contributed by atoms with Crippen LogP contribution >= 0.6 is 0 Å². The molecule has 0 spiro atoms. The Labute approximate surface area is 94.3 Å². The van der Waals surface area contributed by atoms with Crippen molar-refractivity contribution in [2.45, 2.75) is 26.3 Å². The average Bonchev–Trinajstić information content (AvgIpc) is 2.21. The van der Waals surface area contributed by atoms with Crippen LogP contribution in [0.4, 0.5) is 0 Å². The number of hydrogen-bond donors (Lipinski definition) is 2. The van der Waals surface area contributed by atoms with Gasteiger partial charge in [-0.3, -0.25) is 9.59 Å². The summed E-state index contributed by atoms with van der Waals surface area (Å²) >= 11 is 0. The van der Waals surface area contributed by atoms with Gasteiger partial charge in [-0.25, -0.2) is 0 Å². The van der Waals surface area contributed by atoms with Gasteiger partial charge in [-0.1, -0.05) is 18.2 Å². The SMILES string of the molecule is Cc1cccc([C@H](CC(=O)O)NC=O)c1C. The summed E-state index contributed by atoms with van der Waals surface area (Å²) in [6.45, 7) is 3.88. The summed E-state index contributed by atoms with van der Waals surface area (Å²) in [6.07, 6.45) is 0.429. The number of aryl methyl sites for hydroxylation is 1. The molecule has 2 N–H and O–H groups in total. The first kappa shape index (κ1) is 12.2. The van der Waals surface area contributed by atoms with Crippen molar-refractivity contribution in [1.82, 2.24) is 5.32 Å². The molecule has 1 aromatic rings. The van der Waals surface area contributed by atoms with E-state index in [4.69, 9.17) is 5.11 Å². The summed E-state index contributed by atoms with van der Waals surface area (Å²) in [5, 5.41) is 11.3. The van der Waals surface area contributed by atoms with Gasteiger partial charge in [0.25, 0.3) is 0 Å². The average molecular weight is 221 g/mol. The van der Waals surface area contributed by atoms with E-state index in [0.717, 1.165) is 16.7 Å². The molecule has 0 saturated heterocycles. The highest BCUT2D eigenvalue weighted by atomic mass is 16.4. The van der Waals surface area contributed by atoms with Crippen LogP contribution in [0.2, 0.25) is 0 Å². The second-order valence-corrected chi connectivity index (χ2v) is 3.72. The summed E-state index contributed by atoms with van der Waals surface area (Å²) in [4.78, 5) is 21.2. The molecule has 0 heterocycles. The summed E-state index contributed by atoms with van der Waals surface area (Å²) in [6, 6.07) is 5.19. The minimum Gasteiger partial charge on any atom is -0.481 e. The maximum Gasteiger partial charge on any atom is 0.305 e. The quantitative estimate of drug-likeness (QED) is 0.741. The van der Waals surface area contributed by atoms with Gasteiger partial charge in [-0.05, 0) is 30.5 Å². The van der Waals surface area contributed by atoms with E-state index in [1.54, 1.807) is 0 Å². The van der Waals surface area contributed by atoms with E-state index in [1.165, 1.54) is 0 Å². The van der Waals surface area contributed by atoms with E-state index < -0.39 is 12.0 Å². The number of hydrogen-bond acceptors (Lipinski definition) is 2. The summed E-state index contributed by atoms with van der Waals surface area (Å²) < 4.78 is 0. The Bertz CT molecular complexity index is 401. The molecule has 86 valence electrons. The first-order chi connectivity index (χ1) is 7.56.